The minimum atomic E-state index is -1.03. The SMILES string of the molecule is CN[C@H](C(=O)NC(C(=O)N(C)[C@H](/C=C(\C)C(=O)O)C(C)C)C(C)(C)C)C(C)(C)c1ccc(OC)cc1. The van der Waals surface area contributed by atoms with E-state index in [2.05, 4.69) is 10.6 Å². The molecule has 1 aromatic carbocycles. The first-order chi connectivity index (χ1) is 16.5. The molecule has 3 N–H and O–H groups in total. The number of ether oxygens (including phenoxy) is 1. The molecule has 1 aromatic rings. The molecular weight excluding hydrogens is 458 g/mol. The van der Waals surface area contributed by atoms with Gasteiger partial charge in [0.05, 0.1) is 19.2 Å². The molecule has 0 saturated heterocycles. The zero-order valence-electron chi connectivity index (χ0n) is 23.7. The van der Waals surface area contributed by atoms with E-state index >= 15 is 0 Å². The molecule has 0 bridgehead atoms. The van der Waals surface area contributed by atoms with Crippen molar-refractivity contribution in [3.8, 4) is 5.75 Å². The van der Waals surface area contributed by atoms with Gasteiger partial charge in [-0.1, -0.05) is 66.7 Å². The zero-order valence-corrected chi connectivity index (χ0v) is 23.7. The van der Waals surface area contributed by atoms with Crippen LogP contribution in [-0.4, -0.2) is 67.1 Å². The Hall–Kier alpha value is -2.87. The standard InChI is InChI=1S/C28H45N3O5/c1-17(2)21(16-18(3)26(34)35)31(10)25(33)23(27(4,5)6)30-24(32)22(29-9)28(7,8)19-12-14-20(36-11)15-13-19/h12-17,21-23,29H,1-11H3,(H,30,32)(H,34,35)/b18-16+/t21-,22-,23?/m1/s1. The van der Waals surface area contributed by atoms with Gasteiger partial charge in [-0.05, 0) is 43.0 Å². The molecule has 0 fully saturated rings. The van der Waals surface area contributed by atoms with Gasteiger partial charge in [0.2, 0.25) is 11.8 Å². The number of nitrogens with zero attached hydrogens (tertiary/aromatic N) is 1. The molecule has 0 aliphatic carbocycles. The third kappa shape index (κ3) is 7.56. The van der Waals surface area contributed by atoms with Gasteiger partial charge in [0, 0.05) is 18.0 Å². The molecule has 8 nitrogen and oxygen atoms in total. The van der Waals surface area contributed by atoms with Crippen molar-refractivity contribution < 1.29 is 24.2 Å². The fourth-order valence-electron chi connectivity index (χ4n) is 4.31. The van der Waals surface area contributed by atoms with Crippen LogP contribution in [-0.2, 0) is 19.8 Å². The number of hydrogen-bond acceptors (Lipinski definition) is 5. The van der Waals surface area contributed by atoms with E-state index in [1.54, 1.807) is 27.3 Å². The second kappa shape index (κ2) is 12.4. The van der Waals surface area contributed by atoms with Crippen LogP contribution in [0.25, 0.3) is 0 Å². The van der Waals surface area contributed by atoms with Crippen LogP contribution in [0.3, 0.4) is 0 Å². The molecule has 0 radical (unpaired) electrons. The summed E-state index contributed by atoms with van der Waals surface area (Å²) in [6.07, 6.45) is 1.59. The molecule has 0 aliphatic rings. The third-order valence-electron chi connectivity index (χ3n) is 6.74. The van der Waals surface area contributed by atoms with Crippen molar-refractivity contribution in [2.45, 2.75) is 78.9 Å². The molecule has 0 heterocycles. The number of hydrogen-bond donors (Lipinski definition) is 3. The second-order valence-corrected chi connectivity index (χ2v) is 11.3. The monoisotopic (exact) mass is 503 g/mol. The van der Waals surface area contributed by atoms with Gasteiger partial charge in [-0.2, -0.15) is 0 Å². The fourth-order valence-corrected chi connectivity index (χ4v) is 4.31. The van der Waals surface area contributed by atoms with Crippen LogP contribution in [0.4, 0.5) is 0 Å². The van der Waals surface area contributed by atoms with Crippen molar-refractivity contribution in [1.29, 1.82) is 0 Å². The molecule has 0 saturated carbocycles. The highest BCUT2D eigenvalue weighted by atomic mass is 16.5. The summed E-state index contributed by atoms with van der Waals surface area (Å²) in [6, 6.07) is 5.70. The lowest BCUT2D eigenvalue weighted by Crippen LogP contribution is -2.61. The molecular formula is C28H45N3O5. The lowest BCUT2D eigenvalue weighted by atomic mass is 9.76. The molecule has 202 valence electrons. The van der Waals surface area contributed by atoms with Crippen LogP contribution in [0.2, 0.25) is 0 Å². The molecule has 1 unspecified atom stereocenters. The van der Waals surface area contributed by atoms with E-state index in [0.717, 1.165) is 11.3 Å². The van der Waals surface area contributed by atoms with Gasteiger partial charge in [-0.3, -0.25) is 9.59 Å². The van der Waals surface area contributed by atoms with E-state index in [0.29, 0.717) is 0 Å². The van der Waals surface area contributed by atoms with Crippen LogP contribution >= 0.6 is 0 Å². The van der Waals surface area contributed by atoms with Gasteiger partial charge in [-0.15, -0.1) is 0 Å². The quantitative estimate of drug-likeness (QED) is 0.398. The van der Waals surface area contributed by atoms with Gasteiger partial charge in [0.1, 0.15) is 11.8 Å². The summed E-state index contributed by atoms with van der Waals surface area (Å²) in [6.45, 7) is 15.0. The fraction of sp³-hybridized carbons (Fsp3) is 0.607. The second-order valence-electron chi connectivity index (χ2n) is 11.3. The van der Waals surface area contributed by atoms with Crippen molar-refractivity contribution in [3.05, 3.63) is 41.5 Å². The van der Waals surface area contributed by atoms with Crippen molar-refractivity contribution in [2.24, 2.45) is 11.3 Å². The minimum Gasteiger partial charge on any atom is -0.497 e. The smallest absolute Gasteiger partial charge is 0.331 e. The van der Waals surface area contributed by atoms with Crippen LogP contribution in [0, 0.1) is 11.3 Å². The number of amides is 2. The Morgan fingerprint density at radius 2 is 1.56 bits per heavy atom. The van der Waals surface area contributed by atoms with Gasteiger partial charge in [0.15, 0.2) is 0 Å². The van der Waals surface area contributed by atoms with Crippen LogP contribution in [0.15, 0.2) is 35.9 Å². The Morgan fingerprint density at radius 3 is 1.94 bits per heavy atom. The summed E-state index contributed by atoms with van der Waals surface area (Å²) < 4.78 is 5.25. The van der Waals surface area contributed by atoms with Gasteiger partial charge < -0.3 is 25.4 Å². The molecule has 1 rings (SSSR count). The number of likely N-dealkylation sites (N-methyl/N-ethyl adjacent to an activating group) is 2. The molecule has 36 heavy (non-hydrogen) atoms. The minimum absolute atomic E-state index is 0.0244. The summed E-state index contributed by atoms with van der Waals surface area (Å²) in [5, 5.41) is 15.5. The number of carboxylic acid groups (broad SMARTS) is 1. The molecule has 0 spiro atoms. The summed E-state index contributed by atoms with van der Waals surface area (Å²) in [7, 11) is 4.98. The first kappa shape index (κ1) is 31.2. The Bertz CT molecular complexity index is 945. The van der Waals surface area contributed by atoms with Crippen molar-refractivity contribution in [1.82, 2.24) is 15.5 Å². The number of nitrogens with one attached hydrogen (secondary N) is 2. The number of methoxy groups -OCH3 is 1. The maximum atomic E-state index is 13.7. The third-order valence-corrected chi connectivity index (χ3v) is 6.74. The number of carbonyl (C=O) groups excluding carboxylic acids is 2. The lowest BCUT2D eigenvalue weighted by molar-refractivity contribution is -0.141. The number of rotatable bonds is 11. The number of aliphatic carboxylic acids is 1. The number of benzene rings is 1. The Kier molecular flexibility index (Phi) is 10.7. The first-order valence-corrected chi connectivity index (χ1v) is 12.3. The number of carboxylic acids is 1. The highest BCUT2D eigenvalue weighted by Gasteiger charge is 2.41. The van der Waals surface area contributed by atoms with E-state index in [4.69, 9.17) is 4.74 Å². The van der Waals surface area contributed by atoms with E-state index < -0.39 is 34.9 Å². The van der Waals surface area contributed by atoms with Crippen LogP contribution in [0.1, 0.15) is 61.0 Å². The van der Waals surface area contributed by atoms with Crippen molar-refractivity contribution in [2.75, 3.05) is 21.2 Å². The first-order valence-electron chi connectivity index (χ1n) is 12.3. The largest absolute Gasteiger partial charge is 0.497 e. The predicted octanol–water partition coefficient (Wildman–Crippen LogP) is 3.61. The van der Waals surface area contributed by atoms with Crippen LogP contribution < -0.4 is 15.4 Å². The number of carbonyl (C=O) groups is 3. The maximum absolute atomic E-state index is 13.7. The summed E-state index contributed by atoms with van der Waals surface area (Å²) >= 11 is 0. The summed E-state index contributed by atoms with van der Waals surface area (Å²) in [5.74, 6) is -0.892. The highest BCUT2D eigenvalue weighted by molar-refractivity contribution is 5.91. The highest BCUT2D eigenvalue weighted by Crippen LogP contribution is 2.30. The molecule has 2 amide bonds. The van der Waals surface area contributed by atoms with Gasteiger partial charge in [0.25, 0.3) is 0 Å². The Morgan fingerprint density at radius 1 is 1.03 bits per heavy atom. The van der Waals surface area contributed by atoms with E-state index in [-0.39, 0.29) is 23.3 Å². The maximum Gasteiger partial charge on any atom is 0.331 e. The predicted molar refractivity (Wildman–Crippen MR) is 143 cm³/mol. The zero-order chi connectivity index (χ0) is 28.0. The van der Waals surface area contributed by atoms with Gasteiger partial charge in [-0.25, -0.2) is 4.79 Å². The molecule has 8 heteroatoms. The van der Waals surface area contributed by atoms with E-state index in [1.807, 2.05) is 72.7 Å². The van der Waals surface area contributed by atoms with Crippen LogP contribution in [0.5, 0.6) is 5.75 Å². The van der Waals surface area contributed by atoms with Crippen molar-refractivity contribution in [3.63, 3.8) is 0 Å². The normalized spacial score (nSPS) is 15.2. The van der Waals surface area contributed by atoms with Gasteiger partial charge >= 0.3 is 5.97 Å². The topological polar surface area (TPSA) is 108 Å². The lowest BCUT2D eigenvalue weighted by Gasteiger charge is -2.40. The van der Waals surface area contributed by atoms with E-state index in [9.17, 15) is 19.5 Å². The van der Waals surface area contributed by atoms with E-state index in [1.165, 1.54) is 11.8 Å². The molecule has 0 aromatic heterocycles. The summed E-state index contributed by atoms with van der Waals surface area (Å²) in [4.78, 5) is 40.3. The Labute approximate surface area is 216 Å². The molecule has 0 aliphatic heterocycles. The summed E-state index contributed by atoms with van der Waals surface area (Å²) in [5.41, 5.74) is -0.0649. The average Bonchev–Trinajstić information content (AvgIpc) is 2.79. The molecule has 3 atom stereocenters. The Balaban J connectivity index is 3.30. The average molecular weight is 504 g/mol. The van der Waals surface area contributed by atoms with Crippen molar-refractivity contribution >= 4 is 17.8 Å².